The fourth-order valence-electron chi connectivity index (χ4n) is 1.39. The van der Waals surface area contributed by atoms with Crippen molar-refractivity contribution in [1.29, 1.82) is 5.26 Å². The van der Waals surface area contributed by atoms with Gasteiger partial charge in [-0.3, -0.25) is 4.79 Å². The highest BCUT2D eigenvalue weighted by atomic mass is 19.1. The Labute approximate surface area is 102 Å². The van der Waals surface area contributed by atoms with Crippen LogP contribution in [0.3, 0.4) is 0 Å². The number of hydrogen-bond donors (Lipinski definition) is 1. The van der Waals surface area contributed by atoms with Crippen molar-refractivity contribution in [2.75, 3.05) is 5.32 Å². The molecule has 5 nitrogen and oxygen atoms in total. The number of aryl methyl sites for hydroxylation is 1. The van der Waals surface area contributed by atoms with Crippen LogP contribution in [-0.2, 0) is 0 Å². The first-order chi connectivity index (χ1) is 8.61. The highest BCUT2D eigenvalue weighted by molar-refractivity contribution is 6.04. The molecule has 1 heterocycles. The molecule has 2 aromatic rings. The SMILES string of the molecule is Cc1oncc1C(=O)Nc1ccc(C#N)cc1F. The third-order valence-electron chi connectivity index (χ3n) is 2.34. The monoisotopic (exact) mass is 245 g/mol. The van der Waals surface area contributed by atoms with Crippen LogP contribution < -0.4 is 5.32 Å². The largest absolute Gasteiger partial charge is 0.361 e. The van der Waals surface area contributed by atoms with Crippen LogP contribution in [0.15, 0.2) is 28.9 Å². The molecule has 0 bridgehead atoms. The van der Waals surface area contributed by atoms with Crippen molar-refractivity contribution >= 4 is 11.6 Å². The van der Waals surface area contributed by atoms with Crippen LogP contribution in [0.1, 0.15) is 21.7 Å². The highest BCUT2D eigenvalue weighted by Gasteiger charge is 2.14. The van der Waals surface area contributed by atoms with Crippen LogP contribution in [0, 0.1) is 24.1 Å². The van der Waals surface area contributed by atoms with Crippen molar-refractivity contribution in [3.05, 3.63) is 47.1 Å². The topological polar surface area (TPSA) is 78.9 Å². The Bertz CT molecular complexity index is 643. The first-order valence-electron chi connectivity index (χ1n) is 5.04. The second kappa shape index (κ2) is 4.67. The van der Waals surface area contributed by atoms with Crippen LogP contribution in [0.25, 0.3) is 0 Å². The Hall–Kier alpha value is -2.68. The smallest absolute Gasteiger partial charge is 0.260 e. The summed E-state index contributed by atoms with van der Waals surface area (Å²) in [5, 5.41) is 14.4. The molecular formula is C12H8FN3O2. The number of rotatable bonds is 2. The maximum atomic E-state index is 13.5. The van der Waals surface area contributed by atoms with E-state index in [2.05, 4.69) is 10.5 Å². The molecule has 1 aromatic carbocycles. The minimum Gasteiger partial charge on any atom is -0.361 e. The van der Waals surface area contributed by atoms with E-state index < -0.39 is 11.7 Å². The second-order valence-electron chi connectivity index (χ2n) is 3.56. The van der Waals surface area contributed by atoms with Crippen molar-refractivity contribution in [2.45, 2.75) is 6.92 Å². The molecule has 1 amide bonds. The maximum absolute atomic E-state index is 13.5. The number of carbonyl (C=O) groups excluding carboxylic acids is 1. The van der Waals surface area contributed by atoms with E-state index in [9.17, 15) is 9.18 Å². The molecular weight excluding hydrogens is 237 g/mol. The van der Waals surface area contributed by atoms with E-state index in [0.717, 1.165) is 6.07 Å². The standard InChI is InChI=1S/C12H8FN3O2/c1-7-9(6-15-18-7)12(17)16-11-3-2-8(5-14)4-10(11)13/h2-4,6H,1H3,(H,16,17). The van der Waals surface area contributed by atoms with E-state index >= 15 is 0 Å². The molecule has 0 fully saturated rings. The summed E-state index contributed by atoms with van der Waals surface area (Å²) in [5.41, 5.74) is 0.421. The third kappa shape index (κ3) is 2.20. The number of nitrogens with zero attached hydrogens (tertiary/aromatic N) is 2. The zero-order chi connectivity index (χ0) is 13.1. The van der Waals surface area contributed by atoms with Crippen molar-refractivity contribution in [2.24, 2.45) is 0 Å². The lowest BCUT2D eigenvalue weighted by Gasteiger charge is -2.05. The van der Waals surface area contributed by atoms with E-state index in [1.807, 2.05) is 6.07 Å². The number of anilines is 1. The number of amides is 1. The van der Waals surface area contributed by atoms with Gasteiger partial charge < -0.3 is 9.84 Å². The predicted octanol–water partition coefficient (Wildman–Crippen LogP) is 2.25. The molecule has 0 aliphatic carbocycles. The predicted molar refractivity (Wildman–Crippen MR) is 60.3 cm³/mol. The van der Waals surface area contributed by atoms with Gasteiger partial charge >= 0.3 is 0 Å². The maximum Gasteiger partial charge on any atom is 0.260 e. The Morgan fingerprint density at radius 3 is 2.89 bits per heavy atom. The number of nitriles is 1. The van der Waals surface area contributed by atoms with Gasteiger partial charge in [0.05, 0.1) is 23.5 Å². The molecule has 0 radical (unpaired) electrons. The van der Waals surface area contributed by atoms with Crippen LogP contribution >= 0.6 is 0 Å². The summed E-state index contributed by atoms with van der Waals surface area (Å²) >= 11 is 0. The van der Waals surface area contributed by atoms with Gasteiger partial charge in [0.1, 0.15) is 17.1 Å². The third-order valence-corrected chi connectivity index (χ3v) is 2.34. The highest BCUT2D eigenvalue weighted by Crippen LogP contribution is 2.17. The van der Waals surface area contributed by atoms with E-state index in [4.69, 9.17) is 9.78 Å². The van der Waals surface area contributed by atoms with E-state index in [-0.39, 0.29) is 16.8 Å². The zero-order valence-corrected chi connectivity index (χ0v) is 9.40. The Kier molecular flexibility index (Phi) is 3.06. The number of aromatic nitrogens is 1. The fraction of sp³-hybridized carbons (Fsp3) is 0.0833. The minimum atomic E-state index is -0.670. The van der Waals surface area contributed by atoms with E-state index in [0.29, 0.717) is 5.76 Å². The van der Waals surface area contributed by atoms with Crippen molar-refractivity contribution in [3.63, 3.8) is 0 Å². The summed E-state index contributed by atoms with van der Waals surface area (Å²) < 4.78 is 18.3. The summed E-state index contributed by atoms with van der Waals surface area (Å²) in [6, 6.07) is 5.60. The Balaban J connectivity index is 2.23. The van der Waals surface area contributed by atoms with Gasteiger partial charge in [0.25, 0.3) is 5.91 Å². The van der Waals surface area contributed by atoms with Gasteiger partial charge in [0.15, 0.2) is 0 Å². The normalized spacial score (nSPS) is 9.83. The van der Waals surface area contributed by atoms with Gasteiger partial charge in [-0.2, -0.15) is 5.26 Å². The summed E-state index contributed by atoms with van der Waals surface area (Å²) in [6.07, 6.45) is 1.26. The fourth-order valence-corrected chi connectivity index (χ4v) is 1.39. The molecule has 0 atom stereocenters. The molecule has 0 saturated carbocycles. The van der Waals surface area contributed by atoms with Crippen molar-refractivity contribution in [3.8, 4) is 6.07 Å². The van der Waals surface area contributed by atoms with Gasteiger partial charge in [-0.15, -0.1) is 0 Å². The van der Waals surface area contributed by atoms with Crippen LogP contribution in [0.4, 0.5) is 10.1 Å². The van der Waals surface area contributed by atoms with Gasteiger partial charge in [0.2, 0.25) is 0 Å². The van der Waals surface area contributed by atoms with Crippen LogP contribution in [0.5, 0.6) is 0 Å². The summed E-state index contributed by atoms with van der Waals surface area (Å²) in [4.78, 5) is 11.8. The average molecular weight is 245 g/mol. The van der Waals surface area contributed by atoms with Crippen LogP contribution in [-0.4, -0.2) is 11.1 Å². The number of halogens is 1. The minimum absolute atomic E-state index is 0.000370. The molecule has 0 aliphatic rings. The van der Waals surface area contributed by atoms with Crippen LogP contribution in [0.2, 0.25) is 0 Å². The molecule has 6 heteroatoms. The molecule has 2 rings (SSSR count). The lowest BCUT2D eigenvalue weighted by molar-refractivity contribution is 0.102. The molecule has 0 aliphatic heterocycles. The van der Waals surface area contributed by atoms with E-state index in [1.165, 1.54) is 18.3 Å². The molecule has 90 valence electrons. The lowest BCUT2D eigenvalue weighted by atomic mass is 10.2. The van der Waals surface area contributed by atoms with Crippen molar-refractivity contribution < 1.29 is 13.7 Å². The van der Waals surface area contributed by atoms with Crippen molar-refractivity contribution in [1.82, 2.24) is 5.16 Å². The number of hydrogen-bond acceptors (Lipinski definition) is 4. The molecule has 1 N–H and O–H groups in total. The van der Waals surface area contributed by atoms with Gasteiger partial charge in [-0.25, -0.2) is 4.39 Å². The summed E-state index contributed by atoms with van der Waals surface area (Å²) in [7, 11) is 0. The van der Waals surface area contributed by atoms with Gasteiger partial charge in [-0.05, 0) is 25.1 Å². The average Bonchev–Trinajstić information content (AvgIpc) is 2.78. The summed E-state index contributed by atoms with van der Waals surface area (Å²) in [5.74, 6) is -0.838. The summed E-state index contributed by atoms with van der Waals surface area (Å²) in [6.45, 7) is 1.58. The molecule has 0 unspecified atom stereocenters. The van der Waals surface area contributed by atoms with Gasteiger partial charge in [0, 0.05) is 0 Å². The molecule has 0 saturated heterocycles. The van der Waals surface area contributed by atoms with E-state index in [1.54, 1.807) is 6.92 Å². The number of carbonyl (C=O) groups is 1. The first kappa shape index (κ1) is 11.8. The lowest BCUT2D eigenvalue weighted by Crippen LogP contribution is -2.13. The second-order valence-corrected chi connectivity index (χ2v) is 3.56. The van der Waals surface area contributed by atoms with Gasteiger partial charge in [-0.1, -0.05) is 5.16 Å². The Morgan fingerprint density at radius 2 is 2.33 bits per heavy atom. The zero-order valence-electron chi connectivity index (χ0n) is 9.40. The molecule has 18 heavy (non-hydrogen) atoms. The molecule has 0 spiro atoms. The molecule has 1 aromatic heterocycles. The number of nitrogens with one attached hydrogen (secondary N) is 1. The number of benzene rings is 1. The first-order valence-corrected chi connectivity index (χ1v) is 5.04. The quantitative estimate of drug-likeness (QED) is 0.879. The Morgan fingerprint density at radius 1 is 1.56 bits per heavy atom.